The van der Waals surface area contributed by atoms with Crippen molar-refractivity contribution in [1.29, 1.82) is 0 Å². The molecule has 0 atom stereocenters. The Morgan fingerprint density at radius 3 is 2.64 bits per heavy atom. The summed E-state index contributed by atoms with van der Waals surface area (Å²) >= 11 is 0. The van der Waals surface area contributed by atoms with E-state index < -0.39 is 0 Å². The van der Waals surface area contributed by atoms with E-state index in [-0.39, 0.29) is 0 Å². The molecule has 0 aliphatic heterocycles. The van der Waals surface area contributed by atoms with E-state index in [4.69, 9.17) is 4.42 Å². The molecule has 0 saturated carbocycles. The summed E-state index contributed by atoms with van der Waals surface area (Å²) in [6.45, 7) is 6.48. The van der Waals surface area contributed by atoms with Gasteiger partial charge in [-0.15, -0.1) is 0 Å². The van der Waals surface area contributed by atoms with Crippen LogP contribution < -0.4 is 0 Å². The summed E-state index contributed by atoms with van der Waals surface area (Å²) in [5, 5.41) is 4.17. The second-order valence-corrected chi connectivity index (χ2v) is 3.38. The highest BCUT2D eigenvalue weighted by molar-refractivity contribution is 5.06. The molecule has 2 aromatic rings. The second-order valence-electron chi connectivity index (χ2n) is 3.38. The van der Waals surface area contributed by atoms with Crippen LogP contribution in [0.15, 0.2) is 16.7 Å². The minimum atomic E-state index is 0.605. The average molecular weight is 191 g/mol. The van der Waals surface area contributed by atoms with E-state index in [1.165, 1.54) is 0 Å². The molecule has 2 heterocycles. The molecule has 2 rings (SSSR count). The highest BCUT2D eigenvalue weighted by Crippen LogP contribution is 2.10. The Kier molecular flexibility index (Phi) is 2.11. The van der Waals surface area contributed by atoms with Crippen LogP contribution in [0.2, 0.25) is 0 Å². The summed E-state index contributed by atoms with van der Waals surface area (Å²) < 4.78 is 7.34. The van der Waals surface area contributed by atoms with Gasteiger partial charge in [0.2, 0.25) is 5.89 Å². The number of rotatable bonds is 2. The maximum absolute atomic E-state index is 5.47. The Balaban J connectivity index is 2.23. The number of aromatic nitrogens is 3. The molecule has 0 saturated heterocycles. The first-order chi connectivity index (χ1) is 6.66. The third-order valence-corrected chi connectivity index (χ3v) is 2.29. The predicted molar refractivity (Wildman–Crippen MR) is 52.0 cm³/mol. The summed E-state index contributed by atoms with van der Waals surface area (Å²) in [6.07, 6.45) is 1.78. The quantitative estimate of drug-likeness (QED) is 0.727. The second kappa shape index (κ2) is 3.29. The molecule has 0 aliphatic carbocycles. The summed E-state index contributed by atoms with van der Waals surface area (Å²) in [6, 6.07) is 1.96. The lowest BCUT2D eigenvalue weighted by atomic mass is 10.4. The van der Waals surface area contributed by atoms with Gasteiger partial charge in [0.15, 0.2) is 0 Å². The zero-order valence-electron chi connectivity index (χ0n) is 8.61. The lowest BCUT2D eigenvalue weighted by molar-refractivity contribution is 0.443. The Labute approximate surface area is 82.6 Å². The zero-order chi connectivity index (χ0) is 10.1. The first kappa shape index (κ1) is 8.99. The molecule has 14 heavy (non-hydrogen) atoms. The summed E-state index contributed by atoms with van der Waals surface area (Å²) in [7, 11) is 0. The van der Waals surface area contributed by atoms with Crippen LogP contribution in [0.3, 0.4) is 0 Å². The zero-order valence-corrected chi connectivity index (χ0v) is 8.61. The molecule has 0 fully saturated rings. The topological polar surface area (TPSA) is 43.9 Å². The molecule has 4 heteroatoms. The van der Waals surface area contributed by atoms with Gasteiger partial charge in [0.25, 0.3) is 0 Å². The van der Waals surface area contributed by atoms with Crippen LogP contribution >= 0.6 is 0 Å². The molecular formula is C10H13N3O. The summed E-state index contributed by atoms with van der Waals surface area (Å²) in [5.41, 5.74) is 2.06. The number of aryl methyl sites for hydroxylation is 3. The van der Waals surface area contributed by atoms with Gasteiger partial charge in [0, 0.05) is 11.9 Å². The van der Waals surface area contributed by atoms with Crippen molar-refractivity contribution in [3.8, 4) is 0 Å². The molecule has 0 aromatic carbocycles. The number of hydrogen-bond donors (Lipinski definition) is 0. The van der Waals surface area contributed by atoms with Gasteiger partial charge in [0.1, 0.15) is 12.3 Å². The lowest BCUT2D eigenvalue weighted by Crippen LogP contribution is -2.03. The van der Waals surface area contributed by atoms with Gasteiger partial charge in [-0.3, -0.25) is 4.68 Å². The van der Waals surface area contributed by atoms with Gasteiger partial charge in [-0.25, -0.2) is 4.98 Å². The smallest absolute Gasteiger partial charge is 0.216 e. The maximum Gasteiger partial charge on any atom is 0.216 e. The number of nitrogens with zero attached hydrogens (tertiary/aromatic N) is 3. The van der Waals surface area contributed by atoms with E-state index in [1.807, 2.05) is 31.5 Å². The van der Waals surface area contributed by atoms with Gasteiger partial charge < -0.3 is 4.42 Å². The Bertz CT molecular complexity index is 422. The van der Waals surface area contributed by atoms with Gasteiger partial charge in [0.05, 0.1) is 5.69 Å². The van der Waals surface area contributed by atoms with Crippen molar-refractivity contribution in [2.75, 3.05) is 0 Å². The standard InChI is InChI=1S/C10H13N3O/c1-7-4-5-11-13(7)6-10-12-8(2)9(3)14-10/h4-5H,6H2,1-3H3. The molecule has 0 amide bonds. The van der Waals surface area contributed by atoms with Crippen LogP contribution in [0.1, 0.15) is 23.0 Å². The molecule has 4 nitrogen and oxygen atoms in total. The number of oxazole rings is 1. The molecule has 0 radical (unpaired) electrons. The minimum Gasteiger partial charge on any atom is -0.444 e. The van der Waals surface area contributed by atoms with E-state index in [9.17, 15) is 0 Å². The first-order valence-electron chi connectivity index (χ1n) is 4.58. The fraction of sp³-hybridized carbons (Fsp3) is 0.400. The van der Waals surface area contributed by atoms with Crippen molar-refractivity contribution in [2.45, 2.75) is 27.3 Å². The summed E-state index contributed by atoms with van der Waals surface area (Å²) in [4.78, 5) is 4.30. The van der Waals surface area contributed by atoms with Crippen molar-refractivity contribution in [3.05, 3.63) is 35.3 Å². The van der Waals surface area contributed by atoms with Crippen molar-refractivity contribution in [3.63, 3.8) is 0 Å². The van der Waals surface area contributed by atoms with Crippen LogP contribution in [0.4, 0.5) is 0 Å². The van der Waals surface area contributed by atoms with E-state index in [0.29, 0.717) is 12.4 Å². The third kappa shape index (κ3) is 1.55. The van der Waals surface area contributed by atoms with Gasteiger partial charge >= 0.3 is 0 Å². The fourth-order valence-electron chi connectivity index (χ4n) is 1.30. The van der Waals surface area contributed by atoms with Gasteiger partial charge in [-0.2, -0.15) is 5.10 Å². The van der Waals surface area contributed by atoms with Crippen LogP contribution in [0, 0.1) is 20.8 Å². The van der Waals surface area contributed by atoms with Crippen molar-refractivity contribution >= 4 is 0 Å². The SMILES string of the molecule is Cc1nc(Cn2nccc2C)oc1C. The molecule has 0 N–H and O–H groups in total. The van der Waals surface area contributed by atoms with E-state index >= 15 is 0 Å². The highest BCUT2D eigenvalue weighted by atomic mass is 16.4. The van der Waals surface area contributed by atoms with Gasteiger partial charge in [-0.1, -0.05) is 0 Å². The average Bonchev–Trinajstić information content (AvgIpc) is 2.63. The van der Waals surface area contributed by atoms with Crippen molar-refractivity contribution in [2.24, 2.45) is 0 Å². The van der Waals surface area contributed by atoms with Crippen LogP contribution in [-0.2, 0) is 6.54 Å². The molecule has 0 bridgehead atoms. The van der Waals surface area contributed by atoms with E-state index in [1.54, 1.807) is 6.20 Å². The molecular weight excluding hydrogens is 178 g/mol. The lowest BCUT2D eigenvalue weighted by Gasteiger charge is -1.99. The Morgan fingerprint density at radius 2 is 2.14 bits per heavy atom. The number of hydrogen-bond acceptors (Lipinski definition) is 3. The van der Waals surface area contributed by atoms with Crippen LogP contribution in [0.25, 0.3) is 0 Å². The molecule has 74 valence electrons. The highest BCUT2D eigenvalue weighted by Gasteiger charge is 2.07. The van der Waals surface area contributed by atoms with E-state index in [0.717, 1.165) is 17.1 Å². The first-order valence-corrected chi connectivity index (χ1v) is 4.58. The third-order valence-electron chi connectivity index (χ3n) is 2.29. The van der Waals surface area contributed by atoms with Crippen molar-refractivity contribution in [1.82, 2.24) is 14.8 Å². The van der Waals surface area contributed by atoms with Crippen LogP contribution in [-0.4, -0.2) is 14.8 Å². The van der Waals surface area contributed by atoms with Crippen LogP contribution in [0.5, 0.6) is 0 Å². The molecule has 0 spiro atoms. The largest absolute Gasteiger partial charge is 0.444 e. The fourth-order valence-corrected chi connectivity index (χ4v) is 1.30. The predicted octanol–water partition coefficient (Wildman–Crippen LogP) is 1.84. The summed E-state index contributed by atoms with van der Waals surface area (Å²) in [5.74, 6) is 1.59. The molecule has 0 unspecified atom stereocenters. The molecule has 2 aromatic heterocycles. The maximum atomic E-state index is 5.47. The van der Waals surface area contributed by atoms with Gasteiger partial charge in [-0.05, 0) is 26.8 Å². The Hall–Kier alpha value is -1.58. The molecule has 0 aliphatic rings. The van der Waals surface area contributed by atoms with Crippen molar-refractivity contribution < 1.29 is 4.42 Å². The normalized spacial score (nSPS) is 10.8. The monoisotopic (exact) mass is 191 g/mol. The Morgan fingerprint density at radius 1 is 1.36 bits per heavy atom. The van der Waals surface area contributed by atoms with E-state index in [2.05, 4.69) is 10.1 Å². The minimum absolute atomic E-state index is 0.605.